The molecule has 0 bridgehead atoms. The molecule has 0 spiro atoms. The molecular weight excluding hydrogens is 164 g/mol. The molecule has 68 valence electrons. The molecule has 0 aromatic carbocycles. The first-order chi connectivity index (χ1) is 6.20. The molecule has 0 saturated heterocycles. The fraction of sp³-hybridized carbons (Fsp3) is 0.400. The normalized spacial score (nSPS) is 11.4. The number of aromatic nitrogens is 2. The highest BCUT2D eigenvalue weighted by molar-refractivity contribution is 5.80. The van der Waals surface area contributed by atoms with Crippen LogP contribution in [-0.4, -0.2) is 9.97 Å². The predicted octanol–water partition coefficient (Wildman–Crippen LogP) is 2.65. The van der Waals surface area contributed by atoms with E-state index in [1.54, 1.807) is 12.6 Å². The summed E-state index contributed by atoms with van der Waals surface area (Å²) in [7, 11) is 0. The second kappa shape index (κ2) is 2.83. The molecule has 0 fully saturated rings. The molecule has 3 heteroatoms. The van der Waals surface area contributed by atoms with Crippen molar-refractivity contribution in [1.29, 1.82) is 0 Å². The van der Waals surface area contributed by atoms with Gasteiger partial charge in [0.05, 0.1) is 17.3 Å². The highest BCUT2D eigenvalue weighted by Crippen LogP contribution is 2.25. The van der Waals surface area contributed by atoms with Gasteiger partial charge in [0, 0.05) is 0 Å². The smallest absolute Gasteiger partial charge is 0.229 e. The van der Waals surface area contributed by atoms with Crippen molar-refractivity contribution in [3.8, 4) is 0 Å². The summed E-state index contributed by atoms with van der Waals surface area (Å²) in [4.78, 5) is 8.34. The van der Waals surface area contributed by atoms with Gasteiger partial charge in [-0.25, -0.2) is 9.97 Å². The van der Waals surface area contributed by atoms with Gasteiger partial charge in [-0.2, -0.15) is 0 Å². The summed E-state index contributed by atoms with van der Waals surface area (Å²) >= 11 is 0. The first kappa shape index (κ1) is 8.23. The van der Waals surface area contributed by atoms with Crippen molar-refractivity contribution in [2.24, 2.45) is 0 Å². The average molecular weight is 176 g/mol. The zero-order valence-corrected chi connectivity index (χ0v) is 8.03. The second-order valence-electron chi connectivity index (χ2n) is 3.51. The minimum absolute atomic E-state index is 0.404. The zero-order chi connectivity index (χ0) is 9.42. The summed E-state index contributed by atoms with van der Waals surface area (Å²) in [5.41, 5.74) is 2.87. The van der Waals surface area contributed by atoms with Crippen LogP contribution in [-0.2, 0) is 0 Å². The summed E-state index contributed by atoms with van der Waals surface area (Å²) in [6, 6.07) is 0. The molecule has 0 atom stereocenters. The van der Waals surface area contributed by atoms with Gasteiger partial charge in [0.15, 0.2) is 0 Å². The standard InChI is InChI=1S/C10H12N2O/c1-6(2)9-8-7(3)4-13-10(8)12-5-11-9/h4-6H,1-3H3. The quantitative estimate of drug-likeness (QED) is 0.670. The van der Waals surface area contributed by atoms with Gasteiger partial charge in [0.25, 0.3) is 0 Å². The predicted molar refractivity (Wildman–Crippen MR) is 50.6 cm³/mol. The number of hydrogen-bond acceptors (Lipinski definition) is 3. The van der Waals surface area contributed by atoms with Crippen LogP contribution >= 0.6 is 0 Å². The van der Waals surface area contributed by atoms with Crippen LogP contribution in [0.15, 0.2) is 17.0 Å². The van der Waals surface area contributed by atoms with Gasteiger partial charge in [0.1, 0.15) is 6.33 Å². The highest BCUT2D eigenvalue weighted by atomic mass is 16.3. The average Bonchev–Trinajstić information content (AvgIpc) is 2.48. The van der Waals surface area contributed by atoms with Crippen molar-refractivity contribution >= 4 is 11.1 Å². The van der Waals surface area contributed by atoms with E-state index in [4.69, 9.17) is 4.42 Å². The Balaban J connectivity index is 2.80. The molecular formula is C10H12N2O. The minimum Gasteiger partial charge on any atom is -0.446 e. The van der Waals surface area contributed by atoms with E-state index in [0.29, 0.717) is 11.6 Å². The Morgan fingerprint density at radius 3 is 2.77 bits per heavy atom. The van der Waals surface area contributed by atoms with Gasteiger partial charge < -0.3 is 4.42 Å². The molecule has 3 nitrogen and oxygen atoms in total. The Labute approximate surface area is 76.8 Å². The lowest BCUT2D eigenvalue weighted by atomic mass is 10.1. The molecule has 0 aliphatic heterocycles. The summed E-state index contributed by atoms with van der Waals surface area (Å²) < 4.78 is 5.29. The Morgan fingerprint density at radius 2 is 2.08 bits per heavy atom. The molecule has 2 rings (SSSR count). The van der Waals surface area contributed by atoms with Crippen molar-refractivity contribution in [1.82, 2.24) is 9.97 Å². The lowest BCUT2D eigenvalue weighted by Crippen LogP contribution is -1.94. The van der Waals surface area contributed by atoms with Crippen molar-refractivity contribution in [3.63, 3.8) is 0 Å². The van der Waals surface area contributed by atoms with E-state index in [1.165, 1.54) is 0 Å². The summed E-state index contributed by atoms with van der Waals surface area (Å²) in [6.07, 6.45) is 3.28. The van der Waals surface area contributed by atoms with Crippen LogP contribution in [0.3, 0.4) is 0 Å². The van der Waals surface area contributed by atoms with E-state index >= 15 is 0 Å². The molecule has 0 N–H and O–H groups in total. The number of fused-ring (bicyclic) bond motifs is 1. The lowest BCUT2D eigenvalue weighted by molar-refractivity contribution is 0.599. The number of aryl methyl sites for hydroxylation is 1. The van der Waals surface area contributed by atoms with E-state index < -0.39 is 0 Å². The summed E-state index contributed by atoms with van der Waals surface area (Å²) in [5.74, 6) is 0.404. The van der Waals surface area contributed by atoms with E-state index in [1.807, 2.05) is 6.92 Å². The summed E-state index contributed by atoms with van der Waals surface area (Å²) in [5, 5.41) is 1.07. The molecule has 2 heterocycles. The van der Waals surface area contributed by atoms with Crippen molar-refractivity contribution in [3.05, 3.63) is 23.8 Å². The maximum Gasteiger partial charge on any atom is 0.229 e. The highest BCUT2D eigenvalue weighted by Gasteiger charge is 2.11. The van der Waals surface area contributed by atoms with Crippen LogP contribution < -0.4 is 0 Å². The number of rotatable bonds is 1. The third-order valence-corrected chi connectivity index (χ3v) is 2.13. The largest absolute Gasteiger partial charge is 0.446 e. The van der Waals surface area contributed by atoms with E-state index in [9.17, 15) is 0 Å². The first-order valence-corrected chi connectivity index (χ1v) is 4.39. The van der Waals surface area contributed by atoms with Gasteiger partial charge in [-0.05, 0) is 18.4 Å². The molecule has 0 unspecified atom stereocenters. The van der Waals surface area contributed by atoms with E-state index in [0.717, 1.165) is 16.6 Å². The van der Waals surface area contributed by atoms with Crippen LogP contribution in [0.1, 0.15) is 31.0 Å². The van der Waals surface area contributed by atoms with Crippen LogP contribution in [0.25, 0.3) is 11.1 Å². The van der Waals surface area contributed by atoms with Crippen LogP contribution in [0.5, 0.6) is 0 Å². The topological polar surface area (TPSA) is 38.9 Å². The fourth-order valence-corrected chi connectivity index (χ4v) is 1.48. The minimum atomic E-state index is 0.404. The van der Waals surface area contributed by atoms with Crippen LogP contribution in [0.2, 0.25) is 0 Å². The zero-order valence-electron chi connectivity index (χ0n) is 8.03. The van der Waals surface area contributed by atoms with Crippen molar-refractivity contribution in [2.45, 2.75) is 26.7 Å². The molecule has 13 heavy (non-hydrogen) atoms. The molecule has 0 aliphatic carbocycles. The Kier molecular flexibility index (Phi) is 1.79. The van der Waals surface area contributed by atoms with Crippen molar-refractivity contribution in [2.75, 3.05) is 0 Å². The Hall–Kier alpha value is -1.38. The third kappa shape index (κ3) is 1.20. The van der Waals surface area contributed by atoms with E-state index in [-0.39, 0.29) is 0 Å². The Morgan fingerprint density at radius 1 is 1.31 bits per heavy atom. The second-order valence-corrected chi connectivity index (χ2v) is 3.51. The maximum absolute atomic E-state index is 5.29. The fourth-order valence-electron chi connectivity index (χ4n) is 1.48. The molecule has 0 saturated carbocycles. The molecule has 2 aromatic heterocycles. The van der Waals surface area contributed by atoms with Crippen LogP contribution in [0.4, 0.5) is 0 Å². The number of hydrogen-bond donors (Lipinski definition) is 0. The van der Waals surface area contributed by atoms with Gasteiger partial charge in [-0.1, -0.05) is 13.8 Å². The van der Waals surface area contributed by atoms with Gasteiger partial charge in [0.2, 0.25) is 5.71 Å². The van der Waals surface area contributed by atoms with Gasteiger partial charge >= 0.3 is 0 Å². The lowest BCUT2D eigenvalue weighted by Gasteiger charge is -2.04. The summed E-state index contributed by atoms with van der Waals surface area (Å²) in [6.45, 7) is 6.25. The molecule has 0 radical (unpaired) electrons. The SMILES string of the molecule is Cc1coc2ncnc(C(C)C)c12. The van der Waals surface area contributed by atoms with Gasteiger partial charge in [-0.3, -0.25) is 0 Å². The van der Waals surface area contributed by atoms with Crippen LogP contribution in [0, 0.1) is 6.92 Å². The van der Waals surface area contributed by atoms with E-state index in [2.05, 4.69) is 23.8 Å². The Bertz CT molecular complexity index is 431. The maximum atomic E-state index is 5.29. The number of nitrogens with zero attached hydrogens (tertiary/aromatic N) is 2. The molecule has 0 amide bonds. The first-order valence-electron chi connectivity index (χ1n) is 4.39. The number of furan rings is 1. The van der Waals surface area contributed by atoms with Gasteiger partial charge in [-0.15, -0.1) is 0 Å². The van der Waals surface area contributed by atoms with Crippen molar-refractivity contribution < 1.29 is 4.42 Å². The monoisotopic (exact) mass is 176 g/mol. The third-order valence-electron chi connectivity index (χ3n) is 2.13. The molecule has 2 aromatic rings. The molecule has 0 aliphatic rings.